The van der Waals surface area contributed by atoms with Crippen LogP contribution in [0, 0.1) is 0 Å². The van der Waals surface area contributed by atoms with E-state index in [1.165, 1.54) is 26.2 Å². The van der Waals surface area contributed by atoms with Crippen LogP contribution in [-0.2, 0) is 14.3 Å². The molecule has 0 bridgehead atoms. The Hall–Kier alpha value is -1.10. The van der Waals surface area contributed by atoms with E-state index in [0.717, 1.165) is 19.5 Å². The first-order valence-electron chi connectivity index (χ1n) is 6.82. The smallest absolute Gasteiger partial charge is 0.302 e. The van der Waals surface area contributed by atoms with Gasteiger partial charge in [0.2, 0.25) is 5.91 Å². The quantitative estimate of drug-likeness (QED) is 0.693. The van der Waals surface area contributed by atoms with Gasteiger partial charge in [0.1, 0.15) is 6.10 Å². The molecule has 102 valence electrons. The Labute approximate surface area is 108 Å². The van der Waals surface area contributed by atoms with Gasteiger partial charge in [-0.15, -0.1) is 0 Å². The lowest BCUT2D eigenvalue weighted by atomic mass is 10.1. The summed E-state index contributed by atoms with van der Waals surface area (Å²) >= 11 is 0. The number of hydrogen-bond acceptors (Lipinski definition) is 4. The highest BCUT2D eigenvalue weighted by atomic mass is 16.5. The minimum absolute atomic E-state index is 0.104. The van der Waals surface area contributed by atoms with Crippen LogP contribution in [0.4, 0.5) is 0 Å². The Kier molecular flexibility index (Phi) is 4.58. The minimum Gasteiger partial charge on any atom is -0.461 e. The van der Waals surface area contributed by atoms with Crippen LogP contribution in [0.2, 0.25) is 0 Å². The fourth-order valence-corrected chi connectivity index (χ4v) is 2.69. The van der Waals surface area contributed by atoms with Gasteiger partial charge in [0, 0.05) is 19.9 Å². The summed E-state index contributed by atoms with van der Waals surface area (Å²) in [4.78, 5) is 27.0. The lowest BCUT2D eigenvalue weighted by molar-refractivity contribution is -0.146. The number of carbonyl (C=O) groups excluding carboxylic acids is 2. The van der Waals surface area contributed by atoms with Gasteiger partial charge in [0.25, 0.3) is 0 Å². The molecule has 1 amide bonds. The Balaban J connectivity index is 1.74. The molecule has 0 saturated carbocycles. The molecule has 0 aliphatic carbocycles. The van der Waals surface area contributed by atoms with Crippen molar-refractivity contribution in [1.82, 2.24) is 9.80 Å². The van der Waals surface area contributed by atoms with Crippen molar-refractivity contribution >= 4 is 11.9 Å². The van der Waals surface area contributed by atoms with Gasteiger partial charge in [-0.3, -0.25) is 14.5 Å². The van der Waals surface area contributed by atoms with E-state index in [2.05, 4.69) is 4.90 Å². The average molecular weight is 254 g/mol. The molecule has 0 spiro atoms. The van der Waals surface area contributed by atoms with Crippen molar-refractivity contribution in [3.8, 4) is 0 Å². The van der Waals surface area contributed by atoms with E-state index in [0.29, 0.717) is 19.6 Å². The number of likely N-dealkylation sites (tertiary alicyclic amines) is 2. The summed E-state index contributed by atoms with van der Waals surface area (Å²) in [6, 6.07) is 0. The normalized spacial score (nSPS) is 25.2. The molecule has 2 saturated heterocycles. The standard InChI is InChI=1S/C13H22N2O3/c1-11(16)18-12-5-8-15(9-12)13(17)10-14-6-3-2-4-7-14/h12H,2-10H2,1H3/t12-/m0/s1. The number of piperidine rings is 1. The topological polar surface area (TPSA) is 49.9 Å². The fourth-order valence-electron chi connectivity index (χ4n) is 2.69. The maximum atomic E-state index is 12.1. The summed E-state index contributed by atoms with van der Waals surface area (Å²) < 4.78 is 5.14. The average Bonchev–Trinajstić information content (AvgIpc) is 2.78. The number of esters is 1. The SMILES string of the molecule is CC(=O)O[C@H]1CCN(C(=O)CN2CCCCC2)C1. The van der Waals surface area contributed by atoms with Gasteiger partial charge >= 0.3 is 5.97 Å². The van der Waals surface area contributed by atoms with Gasteiger partial charge < -0.3 is 9.64 Å². The van der Waals surface area contributed by atoms with Gasteiger partial charge in [-0.1, -0.05) is 6.42 Å². The molecule has 0 aromatic carbocycles. The van der Waals surface area contributed by atoms with Crippen LogP contribution >= 0.6 is 0 Å². The van der Waals surface area contributed by atoms with Gasteiger partial charge in [-0.25, -0.2) is 0 Å². The highest BCUT2D eigenvalue weighted by Crippen LogP contribution is 2.14. The van der Waals surface area contributed by atoms with E-state index in [1.54, 1.807) is 0 Å². The predicted octanol–water partition coefficient (Wildman–Crippen LogP) is 0.636. The predicted molar refractivity (Wildman–Crippen MR) is 67.0 cm³/mol. The molecule has 2 fully saturated rings. The Morgan fingerprint density at radius 1 is 1.17 bits per heavy atom. The summed E-state index contributed by atoms with van der Waals surface area (Å²) in [5, 5.41) is 0. The number of rotatable bonds is 3. The van der Waals surface area contributed by atoms with E-state index in [9.17, 15) is 9.59 Å². The molecule has 0 N–H and O–H groups in total. The molecule has 5 nitrogen and oxygen atoms in total. The van der Waals surface area contributed by atoms with E-state index < -0.39 is 0 Å². The molecule has 1 atom stereocenters. The maximum Gasteiger partial charge on any atom is 0.302 e. The largest absolute Gasteiger partial charge is 0.461 e. The molecule has 0 unspecified atom stereocenters. The zero-order valence-corrected chi connectivity index (χ0v) is 11.1. The molecule has 0 aromatic heterocycles. The van der Waals surface area contributed by atoms with Crippen LogP contribution in [0.1, 0.15) is 32.6 Å². The third-order valence-corrected chi connectivity index (χ3v) is 3.64. The molecule has 2 aliphatic rings. The summed E-state index contributed by atoms with van der Waals surface area (Å²) in [6.45, 7) is 5.28. The Bertz CT molecular complexity index is 313. The van der Waals surface area contributed by atoms with Crippen molar-refractivity contribution in [3.63, 3.8) is 0 Å². The minimum atomic E-state index is -0.259. The molecule has 5 heteroatoms. The van der Waals surface area contributed by atoms with Crippen LogP contribution in [0.25, 0.3) is 0 Å². The number of carbonyl (C=O) groups is 2. The maximum absolute atomic E-state index is 12.1. The molecule has 18 heavy (non-hydrogen) atoms. The second kappa shape index (κ2) is 6.18. The number of amides is 1. The van der Waals surface area contributed by atoms with Gasteiger partial charge in [0.15, 0.2) is 0 Å². The number of nitrogens with zero attached hydrogens (tertiary/aromatic N) is 2. The lowest BCUT2D eigenvalue weighted by Gasteiger charge is -2.27. The van der Waals surface area contributed by atoms with Crippen molar-refractivity contribution in [2.24, 2.45) is 0 Å². The van der Waals surface area contributed by atoms with Crippen molar-refractivity contribution in [3.05, 3.63) is 0 Å². The second-order valence-electron chi connectivity index (χ2n) is 5.20. The molecule has 2 rings (SSSR count). The molecular weight excluding hydrogens is 232 g/mol. The highest BCUT2D eigenvalue weighted by Gasteiger charge is 2.29. The summed E-state index contributed by atoms with van der Waals surface area (Å²) in [5.74, 6) is -0.0862. The van der Waals surface area contributed by atoms with Crippen LogP contribution in [0.3, 0.4) is 0 Å². The zero-order chi connectivity index (χ0) is 13.0. The zero-order valence-electron chi connectivity index (χ0n) is 11.1. The monoisotopic (exact) mass is 254 g/mol. The van der Waals surface area contributed by atoms with Crippen molar-refractivity contribution in [2.45, 2.75) is 38.7 Å². The van der Waals surface area contributed by atoms with Crippen LogP contribution in [0.15, 0.2) is 0 Å². The molecule has 0 aromatic rings. The highest BCUT2D eigenvalue weighted by molar-refractivity contribution is 5.78. The van der Waals surface area contributed by atoms with Crippen LogP contribution in [-0.4, -0.2) is 60.5 Å². The summed E-state index contributed by atoms with van der Waals surface area (Å²) in [5.41, 5.74) is 0. The van der Waals surface area contributed by atoms with Crippen LogP contribution in [0.5, 0.6) is 0 Å². The Morgan fingerprint density at radius 3 is 2.56 bits per heavy atom. The lowest BCUT2D eigenvalue weighted by Crippen LogP contribution is -2.41. The van der Waals surface area contributed by atoms with E-state index in [1.807, 2.05) is 4.90 Å². The fraction of sp³-hybridized carbons (Fsp3) is 0.846. The first-order valence-corrected chi connectivity index (χ1v) is 6.82. The van der Waals surface area contributed by atoms with Gasteiger partial charge in [-0.2, -0.15) is 0 Å². The van der Waals surface area contributed by atoms with Crippen molar-refractivity contribution < 1.29 is 14.3 Å². The van der Waals surface area contributed by atoms with Gasteiger partial charge in [-0.05, 0) is 25.9 Å². The molecule has 0 radical (unpaired) electrons. The summed E-state index contributed by atoms with van der Waals surface area (Å²) in [7, 11) is 0. The van der Waals surface area contributed by atoms with Crippen molar-refractivity contribution in [1.29, 1.82) is 0 Å². The third-order valence-electron chi connectivity index (χ3n) is 3.64. The molecular formula is C13H22N2O3. The first kappa shape index (κ1) is 13.3. The first-order chi connectivity index (χ1) is 8.65. The van der Waals surface area contributed by atoms with Crippen LogP contribution < -0.4 is 0 Å². The van der Waals surface area contributed by atoms with Gasteiger partial charge in [0.05, 0.1) is 13.1 Å². The molecule has 2 heterocycles. The van der Waals surface area contributed by atoms with E-state index in [4.69, 9.17) is 4.74 Å². The van der Waals surface area contributed by atoms with E-state index >= 15 is 0 Å². The summed E-state index contributed by atoms with van der Waals surface area (Å²) in [6.07, 6.45) is 4.34. The van der Waals surface area contributed by atoms with Crippen molar-refractivity contribution in [2.75, 3.05) is 32.7 Å². The van der Waals surface area contributed by atoms with E-state index in [-0.39, 0.29) is 18.0 Å². The Morgan fingerprint density at radius 2 is 1.89 bits per heavy atom. The second-order valence-corrected chi connectivity index (χ2v) is 5.20. The number of ether oxygens (including phenoxy) is 1. The number of hydrogen-bond donors (Lipinski definition) is 0. The third kappa shape index (κ3) is 3.70. The molecule has 2 aliphatic heterocycles.